The van der Waals surface area contributed by atoms with E-state index < -0.39 is 15.6 Å². The summed E-state index contributed by atoms with van der Waals surface area (Å²) in [6.07, 6.45) is 0. The molecule has 1 atom stereocenters. The fourth-order valence-electron chi connectivity index (χ4n) is 0.134. The van der Waals surface area contributed by atoms with Gasteiger partial charge in [0.15, 0.2) is 0 Å². The third kappa shape index (κ3) is 22.6. The van der Waals surface area contributed by atoms with Gasteiger partial charge in [0, 0.05) is 0 Å². The molecule has 0 aliphatic rings. The van der Waals surface area contributed by atoms with Crippen molar-refractivity contribution in [2.24, 2.45) is 0 Å². The molecule has 0 radical (unpaired) electrons. The van der Waals surface area contributed by atoms with Gasteiger partial charge in [0.25, 0.3) is 7.82 Å². The number of rotatable bonds is 2. The van der Waals surface area contributed by atoms with Gasteiger partial charge in [-0.2, -0.15) is 0 Å². The van der Waals surface area contributed by atoms with Gasteiger partial charge in [0.1, 0.15) is 0 Å². The van der Waals surface area contributed by atoms with Crippen molar-refractivity contribution in [2.75, 3.05) is 0 Å². The molecule has 0 spiro atoms. The van der Waals surface area contributed by atoms with Gasteiger partial charge in [-0.1, -0.05) is 0 Å². The first-order valence-corrected chi connectivity index (χ1v) is 4.54. The Hall–Kier alpha value is 1.82. The van der Waals surface area contributed by atoms with E-state index in [1.807, 2.05) is 0 Å². The van der Waals surface area contributed by atoms with Crippen molar-refractivity contribution in [1.29, 1.82) is 0 Å². The summed E-state index contributed by atoms with van der Waals surface area (Å²) in [4.78, 5) is 32.6. The molecule has 0 amide bonds. The Bertz CT molecular complexity index is 153. The zero-order valence-electron chi connectivity index (χ0n) is 5.87. The average Bonchev–Trinajstić information content (AvgIpc) is 1.14. The maximum Gasteiger partial charge on any atom is 1.00 e. The molecule has 12 heteroatoms. The van der Waals surface area contributed by atoms with Gasteiger partial charge < -0.3 is 30.5 Å². The summed E-state index contributed by atoms with van der Waals surface area (Å²) in [5, 5.41) is 0. The third-order valence-corrected chi connectivity index (χ3v) is 1.89. The third-order valence-electron chi connectivity index (χ3n) is 0.210. The number of hydrogen-bond acceptors (Lipinski definition) is 4. The second-order valence-electron chi connectivity index (χ2n) is 1.04. The normalized spacial score (nSPS) is 14.3. The van der Waals surface area contributed by atoms with Crippen LogP contribution < -0.4 is 56.3 Å². The van der Waals surface area contributed by atoms with E-state index in [2.05, 4.69) is 4.31 Å². The van der Waals surface area contributed by atoms with Crippen molar-refractivity contribution in [1.82, 2.24) is 0 Å². The molecule has 0 aliphatic carbocycles. The largest absolute Gasteiger partial charge is 1.00 e. The van der Waals surface area contributed by atoms with E-state index in [1.165, 1.54) is 0 Å². The Balaban J connectivity index is -0.000000107. The fourth-order valence-corrected chi connectivity index (χ4v) is 1.21. The van der Waals surface area contributed by atoms with Crippen LogP contribution in [0.25, 0.3) is 0 Å². The number of phosphoric acid groups is 2. The minimum absolute atomic E-state index is 0. The molecule has 1 unspecified atom stereocenters. The van der Waals surface area contributed by atoms with Gasteiger partial charge in [-0.05, 0) is 0 Å². The Labute approximate surface area is 110 Å². The molecule has 72 valence electrons. The molecular weight excluding hydrogens is 245 g/mol. The standard InChI is InChI=1S/K.H4O7P2.2H2O/c;1-8(2,3)7-9(4,5)6;;/h;(H2,1,2,3)(H2,4,5,6);2*1H2/q+1;;;/p-1. The Morgan fingerprint density at radius 1 is 1.08 bits per heavy atom. The Morgan fingerprint density at radius 3 is 1.33 bits per heavy atom. The Morgan fingerprint density at radius 2 is 1.33 bits per heavy atom. The molecule has 0 aromatic rings. The molecule has 0 aliphatic heterocycles. The first-order valence-electron chi connectivity index (χ1n) is 1.51. The summed E-state index contributed by atoms with van der Waals surface area (Å²) >= 11 is 0. The van der Waals surface area contributed by atoms with Crippen LogP contribution >= 0.6 is 15.6 Å². The van der Waals surface area contributed by atoms with Crippen LogP contribution in [0.15, 0.2) is 0 Å². The first-order chi connectivity index (χ1) is 3.71. The topological polar surface area (TPSA) is 190 Å². The molecule has 0 aromatic heterocycles. The van der Waals surface area contributed by atoms with Crippen molar-refractivity contribution in [3.63, 3.8) is 0 Å². The fraction of sp³-hybridized carbons (Fsp3) is 0. The molecule has 0 bridgehead atoms. The van der Waals surface area contributed by atoms with Gasteiger partial charge in [-0.15, -0.1) is 0 Å². The summed E-state index contributed by atoms with van der Waals surface area (Å²) in [6, 6.07) is 0. The molecular formula is H7KO9P2. The maximum atomic E-state index is 9.59. The molecule has 0 aromatic carbocycles. The van der Waals surface area contributed by atoms with Crippen LogP contribution in [0.2, 0.25) is 0 Å². The summed E-state index contributed by atoms with van der Waals surface area (Å²) in [7, 11) is -10.4. The van der Waals surface area contributed by atoms with Crippen LogP contribution in [0.3, 0.4) is 0 Å². The molecule has 0 saturated carbocycles. The van der Waals surface area contributed by atoms with Gasteiger partial charge in [0.05, 0.1) is 0 Å². The van der Waals surface area contributed by atoms with Crippen molar-refractivity contribution in [2.45, 2.75) is 0 Å². The van der Waals surface area contributed by atoms with E-state index >= 15 is 0 Å². The van der Waals surface area contributed by atoms with E-state index in [0.717, 1.165) is 0 Å². The van der Waals surface area contributed by atoms with Crippen LogP contribution in [-0.2, 0) is 13.4 Å². The van der Waals surface area contributed by atoms with Gasteiger partial charge in [-0.3, -0.25) is 4.57 Å². The SMILES string of the molecule is O.O.O=P([O-])(O)OP(=O)(O)O.[K+]. The average molecular weight is 252 g/mol. The smallest absolute Gasteiger partial charge is 0.756 e. The van der Waals surface area contributed by atoms with E-state index in [4.69, 9.17) is 14.7 Å². The zero-order chi connectivity index (χ0) is 7.71. The van der Waals surface area contributed by atoms with E-state index in [1.54, 1.807) is 0 Å². The summed E-state index contributed by atoms with van der Waals surface area (Å²) in [5.74, 6) is 0. The monoisotopic (exact) mass is 252 g/mol. The minimum atomic E-state index is -5.30. The molecule has 0 fully saturated rings. The molecule has 7 N–H and O–H groups in total. The molecule has 0 saturated heterocycles. The van der Waals surface area contributed by atoms with E-state index in [9.17, 15) is 14.0 Å². The quantitative estimate of drug-likeness (QED) is 0.321. The summed E-state index contributed by atoms with van der Waals surface area (Å²) in [6.45, 7) is 0. The van der Waals surface area contributed by atoms with Crippen molar-refractivity contribution < 1.29 is 95.4 Å². The van der Waals surface area contributed by atoms with Gasteiger partial charge in [0.2, 0.25) is 0 Å². The molecule has 9 nitrogen and oxygen atoms in total. The van der Waals surface area contributed by atoms with Crippen LogP contribution in [0.1, 0.15) is 0 Å². The van der Waals surface area contributed by atoms with Crippen LogP contribution in [-0.4, -0.2) is 25.6 Å². The number of hydrogen-bond donors (Lipinski definition) is 3. The predicted molar refractivity (Wildman–Crippen MR) is 30.2 cm³/mol. The van der Waals surface area contributed by atoms with Gasteiger partial charge >= 0.3 is 59.2 Å². The zero-order valence-corrected chi connectivity index (χ0v) is 10.8. The summed E-state index contributed by atoms with van der Waals surface area (Å²) in [5.41, 5.74) is 0. The van der Waals surface area contributed by atoms with Crippen molar-refractivity contribution in [3.8, 4) is 0 Å². The summed E-state index contributed by atoms with van der Waals surface area (Å²) < 4.78 is 21.9. The first kappa shape index (κ1) is 23.6. The van der Waals surface area contributed by atoms with E-state index in [-0.39, 0.29) is 62.3 Å². The second kappa shape index (κ2) is 8.15. The van der Waals surface area contributed by atoms with Crippen LogP contribution in [0.5, 0.6) is 0 Å². The van der Waals surface area contributed by atoms with Crippen LogP contribution in [0.4, 0.5) is 0 Å². The van der Waals surface area contributed by atoms with Crippen molar-refractivity contribution >= 4 is 15.6 Å². The maximum absolute atomic E-state index is 9.59. The second-order valence-corrected chi connectivity index (χ2v) is 3.61. The molecule has 0 heterocycles. The predicted octanol–water partition coefficient (Wildman–Crippen LogP) is -6.09. The van der Waals surface area contributed by atoms with E-state index in [0.29, 0.717) is 0 Å². The molecule has 12 heavy (non-hydrogen) atoms. The van der Waals surface area contributed by atoms with Crippen LogP contribution in [0, 0.1) is 0 Å². The minimum Gasteiger partial charge on any atom is -0.756 e. The van der Waals surface area contributed by atoms with Crippen molar-refractivity contribution in [3.05, 3.63) is 0 Å². The molecule has 0 rings (SSSR count). The van der Waals surface area contributed by atoms with Gasteiger partial charge in [-0.25, -0.2) is 8.88 Å². The Kier molecular flexibility index (Phi) is 16.0.